The normalized spacial score (nSPS) is 11.4. The zero-order valence-electron chi connectivity index (χ0n) is 16.9. The zero-order valence-corrected chi connectivity index (χ0v) is 16.9. The Labute approximate surface area is 182 Å². The Kier molecular flexibility index (Phi) is 3.91. The minimum Gasteiger partial charge on any atom is -0.382 e. The lowest BCUT2D eigenvalue weighted by Crippen LogP contribution is -2.14. The van der Waals surface area contributed by atoms with Crippen LogP contribution in [0.1, 0.15) is 0 Å². The van der Waals surface area contributed by atoms with Crippen LogP contribution in [0.25, 0.3) is 44.6 Å². The summed E-state index contributed by atoms with van der Waals surface area (Å²) in [5, 5.41) is 0. The Balaban J connectivity index is 1.83. The fraction of sp³-hybridized carbons (Fsp3) is 0. The van der Waals surface area contributed by atoms with Gasteiger partial charge in [-0.15, -0.1) is 0 Å². The van der Waals surface area contributed by atoms with E-state index in [2.05, 4.69) is 19.9 Å². The van der Waals surface area contributed by atoms with Crippen LogP contribution in [-0.4, -0.2) is 29.3 Å². The summed E-state index contributed by atoms with van der Waals surface area (Å²) in [6, 6.07) is 24.1. The first-order valence-corrected chi connectivity index (χ1v) is 10.1. The third-order valence-electron chi connectivity index (χ3n) is 5.52. The van der Waals surface area contributed by atoms with Crippen LogP contribution in [0, 0.1) is 0 Å². The number of hydrogen-bond donors (Lipinski definition) is 2. The quantitative estimate of drug-likeness (QED) is 0.449. The highest BCUT2D eigenvalue weighted by molar-refractivity contribution is 5.95. The van der Waals surface area contributed by atoms with Crippen molar-refractivity contribution in [2.75, 3.05) is 11.5 Å². The first-order chi connectivity index (χ1) is 15.7. The van der Waals surface area contributed by atoms with Crippen LogP contribution in [0.15, 0.2) is 85.5 Å². The molecule has 6 aromatic rings. The molecule has 0 amide bonds. The summed E-state index contributed by atoms with van der Waals surface area (Å²) < 4.78 is 4.01. The standard InChI is InChI=1S/C24H18N8/c25-23-21-17(27-13-29-23)11-19(15-7-3-1-4-8-15)31(21)32-20(16-9-5-2-6-10-16)12-18-22(32)24(26)30-14-28-18/h1-14H,(H2,25,27,29)(H2,26,28,30). The molecule has 0 aliphatic heterocycles. The van der Waals surface area contributed by atoms with Crippen molar-refractivity contribution in [3.05, 3.63) is 85.5 Å². The SMILES string of the molecule is Nc1ncnc2cc(-c3ccccc3)n(-n3c(-c4ccccc4)cc4ncnc(N)c43)c12. The average Bonchev–Trinajstić information content (AvgIpc) is 3.40. The highest BCUT2D eigenvalue weighted by atomic mass is 15.5. The van der Waals surface area contributed by atoms with E-state index in [1.54, 1.807) is 0 Å². The summed E-state index contributed by atoms with van der Waals surface area (Å²) >= 11 is 0. The maximum Gasteiger partial charge on any atom is 0.153 e. The second-order valence-electron chi connectivity index (χ2n) is 7.40. The van der Waals surface area contributed by atoms with Gasteiger partial charge in [0, 0.05) is 11.1 Å². The van der Waals surface area contributed by atoms with E-state index in [-0.39, 0.29) is 0 Å². The van der Waals surface area contributed by atoms with E-state index in [0.717, 1.165) is 33.5 Å². The van der Waals surface area contributed by atoms with Crippen molar-refractivity contribution in [1.29, 1.82) is 0 Å². The summed E-state index contributed by atoms with van der Waals surface area (Å²) in [7, 11) is 0. The molecule has 154 valence electrons. The van der Waals surface area contributed by atoms with Crippen LogP contribution < -0.4 is 11.5 Å². The van der Waals surface area contributed by atoms with Crippen molar-refractivity contribution in [3.63, 3.8) is 0 Å². The van der Waals surface area contributed by atoms with Gasteiger partial charge in [0.2, 0.25) is 0 Å². The fourth-order valence-corrected chi connectivity index (χ4v) is 4.13. The third-order valence-corrected chi connectivity index (χ3v) is 5.52. The summed E-state index contributed by atoms with van der Waals surface area (Å²) in [6.45, 7) is 0. The molecule has 8 nitrogen and oxygen atoms in total. The molecular weight excluding hydrogens is 400 g/mol. The van der Waals surface area contributed by atoms with E-state index in [0.29, 0.717) is 22.7 Å². The number of aromatic nitrogens is 6. The Bertz CT molecular complexity index is 1460. The third kappa shape index (κ3) is 2.63. The molecule has 0 unspecified atom stereocenters. The molecule has 4 heterocycles. The monoisotopic (exact) mass is 418 g/mol. The molecule has 0 spiro atoms. The molecule has 8 heteroatoms. The summed E-state index contributed by atoms with van der Waals surface area (Å²) in [5.74, 6) is 0.738. The lowest BCUT2D eigenvalue weighted by atomic mass is 10.1. The molecule has 0 atom stereocenters. The molecule has 0 aliphatic rings. The van der Waals surface area contributed by atoms with Crippen LogP contribution in [0.3, 0.4) is 0 Å². The van der Waals surface area contributed by atoms with Gasteiger partial charge in [-0.2, -0.15) is 0 Å². The molecule has 32 heavy (non-hydrogen) atoms. The second-order valence-corrected chi connectivity index (χ2v) is 7.40. The number of hydrogen-bond acceptors (Lipinski definition) is 6. The maximum absolute atomic E-state index is 6.38. The second kappa shape index (κ2) is 6.92. The van der Waals surface area contributed by atoms with Gasteiger partial charge in [0.1, 0.15) is 23.7 Å². The molecule has 6 rings (SSSR count). The van der Waals surface area contributed by atoms with Gasteiger partial charge in [-0.3, -0.25) is 0 Å². The fourth-order valence-electron chi connectivity index (χ4n) is 4.13. The smallest absolute Gasteiger partial charge is 0.153 e. The molecule has 4 aromatic heterocycles. The summed E-state index contributed by atoms with van der Waals surface area (Å²) in [5.41, 5.74) is 19.4. The van der Waals surface area contributed by atoms with Crippen LogP contribution in [0.2, 0.25) is 0 Å². The minimum absolute atomic E-state index is 0.369. The first-order valence-electron chi connectivity index (χ1n) is 10.1. The van der Waals surface area contributed by atoms with Gasteiger partial charge in [-0.25, -0.2) is 29.3 Å². The van der Waals surface area contributed by atoms with Crippen molar-refractivity contribution in [2.24, 2.45) is 0 Å². The van der Waals surface area contributed by atoms with Crippen molar-refractivity contribution in [3.8, 4) is 22.5 Å². The molecule has 0 bridgehead atoms. The van der Waals surface area contributed by atoms with Gasteiger partial charge >= 0.3 is 0 Å². The maximum atomic E-state index is 6.38. The van der Waals surface area contributed by atoms with Crippen molar-refractivity contribution >= 4 is 33.7 Å². The summed E-state index contributed by atoms with van der Waals surface area (Å²) in [6.07, 6.45) is 2.94. The number of nitrogens with two attached hydrogens (primary N) is 2. The van der Waals surface area contributed by atoms with Crippen molar-refractivity contribution in [1.82, 2.24) is 29.3 Å². The van der Waals surface area contributed by atoms with E-state index in [4.69, 9.17) is 11.5 Å². The summed E-state index contributed by atoms with van der Waals surface area (Å²) in [4.78, 5) is 17.5. The highest BCUT2D eigenvalue weighted by Crippen LogP contribution is 2.36. The van der Waals surface area contributed by atoms with Crippen LogP contribution in [-0.2, 0) is 0 Å². The van der Waals surface area contributed by atoms with Gasteiger partial charge in [-0.1, -0.05) is 60.7 Å². The van der Waals surface area contributed by atoms with E-state index >= 15 is 0 Å². The van der Waals surface area contributed by atoms with Gasteiger partial charge in [0.25, 0.3) is 0 Å². The number of nitrogens with zero attached hydrogens (tertiary/aromatic N) is 6. The van der Waals surface area contributed by atoms with E-state index in [1.165, 1.54) is 12.7 Å². The predicted octanol–water partition coefficient (Wildman–Crippen LogP) is 3.99. The Hall–Kier alpha value is -4.72. The minimum atomic E-state index is 0.369. The molecule has 0 radical (unpaired) electrons. The zero-order chi connectivity index (χ0) is 21.7. The van der Waals surface area contributed by atoms with E-state index < -0.39 is 0 Å². The van der Waals surface area contributed by atoms with Gasteiger partial charge in [0.05, 0.1) is 22.4 Å². The van der Waals surface area contributed by atoms with Crippen molar-refractivity contribution < 1.29 is 0 Å². The van der Waals surface area contributed by atoms with Crippen LogP contribution >= 0.6 is 0 Å². The lowest BCUT2D eigenvalue weighted by Gasteiger charge is -2.18. The Morgan fingerprint density at radius 2 is 0.938 bits per heavy atom. The van der Waals surface area contributed by atoms with Crippen LogP contribution in [0.4, 0.5) is 11.6 Å². The van der Waals surface area contributed by atoms with Gasteiger partial charge in [0.15, 0.2) is 11.6 Å². The topological polar surface area (TPSA) is 113 Å². The lowest BCUT2D eigenvalue weighted by molar-refractivity contribution is 0.732. The number of benzene rings is 2. The molecule has 4 N–H and O–H groups in total. The van der Waals surface area contributed by atoms with Gasteiger partial charge in [-0.05, 0) is 12.1 Å². The average molecular weight is 418 g/mol. The molecule has 0 saturated heterocycles. The van der Waals surface area contributed by atoms with Gasteiger partial charge < -0.3 is 11.5 Å². The predicted molar refractivity (Wildman–Crippen MR) is 126 cm³/mol. The van der Waals surface area contributed by atoms with E-state index in [9.17, 15) is 0 Å². The molecule has 0 fully saturated rings. The van der Waals surface area contributed by atoms with E-state index in [1.807, 2.05) is 82.1 Å². The Morgan fingerprint density at radius 1 is 0.531 bits per heavy atom. The molecule has 2 aromatic carbocycles. The molecular formula is C24H18N8. The van der Waals surface area contributed by atoms with Crippen molar-refractivity contribution in [2.45, 2.75) is 0 Å². The van der Waals surface area contributed by atoms with Crippen LogP contribution in [0.5, 0.6) is 0 Å². The number of nitrogen functional groups attached to an aromatic ring is 2. The number of fused-ring (bicyclic) bond motifs is 2. The number of rotatable bonds is 3. The first kappa shape index (κ1) is 18.1. The Morgan fingerprint density at radius 3 is 1.34 bits per heavy atom. The number of anilines is 2. The molecule has 0 aliphatic carbocycles. The highest BCUT2D eigenvalue weighted by Gasteiger charge is 2.22. The largest absolute Gasteiger partial charge is 0.382 e. The molecule has 0 saturated carbocycles.